The summed E-state index contributed by atoms with van der Waals surface area (Å²) in [4.78, 5) is 4.30. The van der Waals surface area contributed by atoms with Crippen LogP contribution in [-0.4, -0.2) is 10.1 Å². The van der Waals surface area contributed by atoms with Crippen LogP contribution >= 0.6 is 0 Å². The van der Waals surface area contributed by atoms with Crippen molar-refractivity contribution >= 4 is 0 Å². The fraction of sp³-hybridized carbons (Fsp3) is 0.647. The standard InChI is InChI=1S/C17H24N2O/c1-12(2)14-6-8-17(11-18,9-7-14)16(20)15-5-4-13(3)10-19-15/h4-5,10,12,14,16,20H,6-9H2,1-3H3. The first-order chi connectivity index (χ1) is 9.48. The van der Waals surface area contributed by atoms with Gasteiger partial charge in [0.05, 0.1) is 17.2 Å². The fourth-order valence-electron chi connectivity index (χ4n) is 3.19. The molecule has 0 aliphatic heterocycles. The molecule has 1 N–H and O–H groups in total. The number of aliphatic hydroxyl groups is 1. The van der Waals surface area contributed by atoms with Gasteiger partial charge in [0.1, 0.15) is 6.10 Å². The summed E-state index contributed by atoms with van der Waals surface area (Å²) < 4.78 is 0. The average molecular weight is 272 g/mol. The molecule has 0 amide bonds. The predicted octanol–water partition coefficient (Wildman–Crippen LogP) is 3.78. The number of aryl methyl sites for hydroxylation is 1. The van der Waals surface area contributed by atoms with Crippen LogP contribution in [0.2, 0.25) is 0 Å². The molecule has 1 unspecified atom stereocenters. The van der Waals surface area contributed by atoms with Crippen molar-refractivity contribution in [1.82, 2.24) is 4.98 Å². The topological polar surface area (TPSA) is 56.9 Å². The van der Waals surface area contributed by atoms with Crippen LogP contribution in [-0.2, 0) is 0 Å². The molecule has 1 fully saturated rings. The van der Waals surface area contributed by atoms with Gasteiger partial charge in [-0.2, -0.15) is 5.26 Å². The van der Waals surface area contributed by atoms with Crippen LogP contribution in [0.1, 0.15) is 56.9 Å². The molecule has 1 aliphatic rings. The highest BCUT2D eigenvalue weighted by Gasteiger charge is 2.43. The van der Waals surface area contributed by atoms with Crippen LogP contribution < -0.4 is 0 Å². The maximum absolute atomic E-state index is 10.6. The largest absolute Gasteiger partial charge is 0.385 e. The first-order valence-electron chi connectivity index (χ1n) is 7.50. The van der Waals surface area contributed by atoms with Crippen molar-refractivity contribution in [2.45, 2.75) is 52.6 Å². The maximum Gasteiger partial charge on any atom is 0.114 e. The molecular weight excluding hydrogens is 248 g/mol. The van der Waals surface area contributed by atoms with E-state index in [1.54, 1.807) is 6.20 Å². The zero-order valence-electron chi connectivity index (χ0n) is 12.6. The number of nitriles is 1. The van der Waals surface area contributed by atoms with Crippen LogP contribution in [0.4, 0.5) is 0 Å². The van der Waals surface area contributed by atoms with Gasteiger partial charge in [-0.25, -0.2) is 0 Å². The molecule has 3 heteroatoms. The quantitative estimate of drug-likeness (QED) is 0.911. The van der Waals surface area contributed by atoms with Crippen molar-refractivity contribution in [1.29, 1.82) is 5.26 Å². The van der Waals surface area contributed by atoms with Gasteiger partial charge < -0.3 is 5.11 Å². The number of hydrogen-bond donors (Lipinski definition) is 1. The third-order valence-electron chi connectivity index (χ3n) is 4.83. The van der Waals surface area contributed by atoms with E-state index < -0.39 is 11.5 Å². The van der Waals surface area contributed by atoms with E-state index in [-0.39, 0.29) is 0 Å². The number of hydrogen-bond acceptors (Lipinski definition) is 3. The van der Waals surface area contributed by atoms with E-state index in [1.165, 1.54) is 0 Å². The minimum Gasteiger partial charge on any atom is -0.385 e. The van der Waals surface area contributed by atoms with Crippen molar-refractivity contribution in [2.24, 2.45) is 17.3 Å². The maximum atomic E-state index is 10.6. The van der Waals surface area contributed by atoms with Crippen molar-refractivity contribution < 1.29 is 5.11 Å². The minimum atomic E-state index is -0.777. The van der Waals surface area contributed by atoms with Gasteiger partial charge >= 0.3 is 0 Å². The Morgan fingerprint density at radius 2 is 2.00 bits per heavy atom. The van der Waals surface area contributed by atoms with Gasteiger partial charge in [0.2, 0.25) is 0 Å². The van der Waals surface area contributed by atoms with E-state index in [1.807, 2.05) is 19.1 Å². The van der Waals surface area contributed by atoms with Crippen LogP contribution in [0.3, 0.4) is 0 Å². The zero-order chi connectivity index (χ0) is 14.8. The van der Waals surface area contributed by atoms with E-state index >= 15 is 0 Å². The predicted molar refractivity (Wildman–Crippen MR) is 78.8 cm³/mol. The molecule has 108 valence electrons. The molecule has 20 heavy (non-hydrogen) atoms. The third-order valence-corrected chi connectivity index (χ3v) is 4.83. The van der Waals surface area contributed by atoms with Gasteiger partial charge in [-0.1, -0.05) is 19.9 Å². The lowest BCUT2D eigenvalue weighted by molar-refractivity contribution is 0.0162. The van der Waals surface area contributed by atoms with Crippen molar-refractivity contribution in [3.63, 3.8) is 0 Å². The SMILES string of the molecule is Cc1ccc(C(O)C2(C#N)CCC(C(C)C)CC2)nc1. The lowest BCUT2D eigenvalue weighted by Gasteiger charge is -2.39. The second kappa shape index (κ2) is 5.93. The minimum absolute atomic E-state index is 0.625. The van der Waals surface area contributed by atoms with Crippen molar-refractivity contribution in [3.05, 3.63) is 29.6 Å². The van der Waals surface area contributed by atoms with Crippen molar-refractivity contribution in [2.75, 3.05) is 0 Å². The Kier molecular flexibility index (Phi) is 4.45. The molecule has 0 spiro atoms. The van der Waals surface area contributed by atoms with Gasteiger partial charge in [0.15, 0.2) is 0 Å². The number of rotatable bonds is 3. The van der Waals surface area contributed by atoms with E-state index in [2.05, 4.69) is 24.9 Å². The summed E-state index contributed by atoms with van der Waals surface area (Å²) in [6, 6.07) is 6.18. The molecule has 0 aromatic carbocycles. The lowest BCUT2D eigenvalue weighted by atomic mass is 9.65. The Balaban J connectivity index is 2.16. The van der Waals surface area contributed by atoms with E-state index in [9.17, 15) is 10.4 Å². The smallest absolute Gasteiger partial charge is 0.114 e. The number of aliphatic hydroxyl groups excluding tert-OH is 1. The second-order valence-electron chi connectivity index (χ2n) is 6.51. The fourth-order valence-corrected chi connectivity index (χ4v) is 3.19. The van der Waals surface area contributed by atoms with Crippen LogP contribution in [0.5, 0.6) is 0 Å². The summed E-state index contributed by atoms with van der Waals surface area (Å²) in [6.45, 7) is 6.45. The highest BCUT2D eigenvalue weighted by atomic mass is 16.3. The van der Waals surface area contributed by atoms with Crippen LogP contribution in [0.15, 0.2) is 18.3 Å². The molecule has 3 nitrogen and oxygen atoms in total. The normalized spacial score (nSPS) is 28.1. The lowest BCUT2D eigenvalue weighted by Crippen LogP contribution is -2.34. The molecule has 1 aliphatic carbocycles. The summed E-state index contributed by atoms with van der Waals surface area (Å²) in [5.41, 5.74) is 1.03. The summed E-state index contributed by atoms with van der Waals surface area (Å²) >= 11 is 0. The Labute approximate surface area is 121 Å². The highest BCUT2D eigenvalue weighted by Crippen LogP contribution is 2.48. The molecule has 1 saturated carbocycles. The Morgan fingerprint density at radius 3 is 2.45 bits per heavy atom. The number of aromatic nitrogens is 1. The Hall–Kier alpha value is -1.40. The molecule has 1 heterocycles. The molecule has 1 aromatic heterocycles. The Morgan fingerprint density at radius 1 is 1.35 bits per heavy atom. The number of nitrogens with zero attached hydrogens (tertiary/aromatic N) is 2. The number of pyridine rings is 1. The third kappa shape index (κ3) is 2.86. The summed E-state index contributed by atoms with van der Waals surface area (Å²) in [7, 11) is 0. The highest BCUT2D eigenvalue weighted by molar-refractivity contribution is 5.19. The van der Waals surface area contributed by atoms with Crippen molar-refractivity contribution in [3.8, 4) is 6.07 Å². The van der Waals surface area contributed by atoms with E-state index in [0.717, 1.165) is 31.2 Å². The summed E-state index contributed by atoms with van der Waals surface area (Å²) in [6.07, 6.45) is 4.55. The van der Waals surface area contributed by atoms with Gasteiger partial charge in [-0.15, -0.1) is 0 Å². The molecule has 0 saturated heterocycles. The first kappa shape index (κ1) is 15.0. The molecule has 1 aromatic rings. The Bertz CT molecular complexity index is 479. The molecule has 2 rings (SSSR count). The van der Waals surface area contributed by atoms with Crippen LogP contribution in [0, 0.1) is 35.5 Å². The molecular formula is C17H24N2O. The molecule has 1 atom stereocenters. The van der Waals surface area contributed by atoms with Crippen LogP contribution in [0.25, 0.3) is 0 Å². The van der Waals surface area contributed by atoms with Gasteiger partial charge in [-0.05, 0) is 56.1 Å². The van der Waals surface area contributed by atoms with Gasteiger partial charge in [0.25, 0.3) is 0 Å². The second-order valence-corrected chi connectivity index (χ2v) is 6.51. The van der Waals surface area contributed by atoms with E-state index in [0.29, 0.717) is 17.5 Å². The zero-order valence-corrected chi connectivity index (χ0v) is 12.6. The van der Waals surface area contributed by atoms with Gasteiger partial charge in [-0.3, -0.25) is 4.98 Å². The average Bonchev–Trinajstić information content (AvgIpc) is 2.47. The summed E-state index contributed by atoms with van der Waals surface area (Å²) in [5.74, 6) is 1.33. The van der Waals surface area contributed by atoms with Gasteiger partial charge in [0, 0.05) is 6.20 Å². The monoisotopic (exact) mass is 272 g/mol. The molecule has 0 radical (unpaired) electrons. The summed E-state index contributed by atoms with van der Waals surface area (Å²) in [5, 5.41) is 20.2. The first-order valence-corrected chi connectivity index (χ1v) is 7.50. The van der Waals surface area contributed by atoms with E-state index in [4.69, 9.17) is 0 Å². The molecule has 0 bridgehead atoms.